The van der Waals surface area contributed by atoms with E-state index in [0.717, 1.165) is 9.80 Å². The normalized spacial score (nSPS) is 34.0. The van der Waals surface area contributed by atoms with E-state index in [1.54, 1.807) is 12.2 Å². The van der Waals surface area contributed by atoms with Crippen molar-refractivity contribution in [3.05, 3.63) is 12.2 Å². The summed E-state index contributed by atoms with van der Waals surface area (Å²) in [6.07, 6.45) is 3.49. The number of carbonyl (C=O) groups is 6. The molecule has 4 amide bonds. The van der Waals surface area contributed by atoms with Gasteiger partial charge in [0.05, 0.1) is 23.7 Å². The van der Waals surface area contributed by atoms with E-state index in [0.29, 0.717) is 0 Å². The Balaban J connectivity index is 1.55. The van der Waals surface area contributed by atoms with Crippen molar-refractivity contribution >= 4 is 35.6 Å². The number of amides is 4. The van der Waals surface area contributed by atoms with E-state index in [9.17, 15) is 28.8 Å². The van der Waals surface area contributed by atoms with E-state index >= 15 is 0 Å². The van der Waals surface area contributed by atoms with Crippen molar-refractivity contribution in [2.45, 2.75) is 25.7 Å². The highest BCUT2D eigenvalue weighted by atomic mass is 16.4. The molecule has 1 saturated carbocycles. The predicted octanol–water partition coefficient (Wildman–Crippen LogP) is -0.266. The third kappa shape index (κ3) is 2.93. The smallest absolute Gasteiger partial charge is 0.303 e. The van der Waals surface area contributed by atoms with Crippen LogP contribution in [0.3, 0.4) is 0 Å². The number of hydrogen-bond donors (Lipinski definition) is 2. The predicted molar refractivity (Wildman–Crippen MR) is 97.3 cm³/mol. The minimum Gasteiger partial charge on any atom is -0.481 e. The molecular formula is C20H22N2O8. The summed E-state index contributed by atoms with van der Waals surface area (Å²) in [7, 11) is 0. The van der Waals surface area contributed by atoms with Gasteiger partial charge < -0.3 is 10.2 Å². The minimum atomic E-state index is -1.01. The number of aliphatic carboxylic acids is 2. The van der Waals surface area contributed by atoms with Crippen LogP contribution in [-0.2, 0) is 28.8 Å². The Morgan fingerprint density at radius 2 is 0.967 bits per heavy atom. The van der Waals surface area contributed by atoms with Crippen LogP contribution in [0.1, 0.15) is 25.7 Å². The highest BCUT2D eigenvalue weighted by Gasteiger charge is 2.68. The molecule has 2 aliphatic heterocycles. The minimum absolute atomic E-state index is 0.00888. The van der Waals surface area contributed by atoms with E-state index in [4.69, 9.17) is 10.2 Å². The molecule has 2 saturated heterocycles. The van der Waals surface area contributed by atoms with Crippen molar-refractivity contribution in [2.75, 3.05) is 13.1 Å². The lowest BCUT2D eigenvalue weighted by molar-refractivity contribution is -0.143. The van der Waals surface area contributed by atoms with Gasteiger partial charge in [-0.3, -0.25) is 38.6 Å². The van der Waals surface area contributed by atoms with Crippen LogP contribution in [0.5, 0.6) is 0 Å². The average Bonchev–Trinajstić information content (AvgIpc) is 3.10. The number of carboxylic acids is 2. The number of carboxylic acid groups (broad SMARTS) is 2. The first-order chi connectivity index (χ1) is 14.2. The number of carbonyl (C=O) groups excluding carboxylic acids is 4. The van der Waals surface area contributed by atoms with Crippen LogP contribution in [0.15, 0.2) is 12.2 Å². The number of imide groups is 2. The number of rotatable bonds is 8. The summed E-state index contributed by atoms with van der Waals surface area (Å²) in [6, 6.07) is 0. The zero-order valence-electron chi connectivity index (χ0n) is 16.1. The van der Waals surface area contributed by atoms with Crippen LogP contribution in [-0.4, -0.2) is 68.7 Å². The molecule has 0 radical (unpaired) electrons. The average molecular weight is 418 g/mol. The van der Waals surface area contributed by atoms with Crippen LogP contribution in [0.4, 0.5) is 0 Å². The van der Waals surface area contributed by atoms with Gasteiger partial charge in [-0.15, -0.1) is 0 Å². The second kappa shape index (κ2) is 7.33. The number of likely N-dealkylation sites (tertiary alicyclic amines) is 2. The van der Waals surface area contributed by atoms with Gasteiger partial charge in [-0.05, 0) is 12.8 Å². The second-order valence-electron chi connectivity index (χ2n) is 8.29. The molecular weight excluding hydrogens is 396 g/mol. The Labute approximate surface area is 171 Å². The number of allylic oxidation sites excluding steroid dienone is 2. The zero-order chi connectivity index (χ0) is 21.7. The van der Waals surface area contributed by atoms with Crippen molar-refractivity contribution < 1.29 is 39.0 Å². The van der Waals surface area contributed by atoms with Crippen LogP contribution < -0.4 is 0 Å². The quantitative estimate of drug-likeness (QED) is 0.404. The molecule has 2 heterocycles. The summed E-state index contributed by atoms with van der Waals surface area (Å²) in [6.45, 7) is 0.0178. The first-order valence-corrected chi connectivity index (χ1v) is 10.1. The van der Waals surface area contributed by atoms with Gasteiger partial charge in [0.15, 0.2) is 0 Å². The molecule has 3 aliphatic carbocycles. The van der Waals surface area contributed by atoms with Gasteiger partial charge in [0.1, 0.15) is 0 Å². The fraction of sp³-hybridized carbons (Fsp3) is 0.600. The maximum Gasteiger partial charge on any atom is 0.303 e. The number of hydrogen-bond acceptors (Lipinski definition) is 6. The summed E-state index contributed by atoms with van der Waals surface area (Å²) in [5.74, 6) is -7.62. The third-order valence-corrected chi connectivity index (χ3v) is 6.74. The standard InChI is InChI=1S/C20H22N2O8/c23-11(24)3-1-7-21-17(27)13-9-5-6-10(14(13)18(21)28)16-15(9)19(29)22(20(16)30)8-2-4-12(25)26/h5-6,9-10,13-16H,1-4,7-8H2,(H,23,24)(H,25,26)/t9?,10?,13-,14+,15+,16-. The number of nitrogens with zero attached hydrogens (tertiary/aromatic N) is 2. The summed E-state index contributed by atoms with van der Waals surface area (Å²) >= 11 is 0. The van der Waals surface area contributed by atoms with Gasteiger partial charge in [0.2, 0.25) is 23.6 Å². The SMILES string of the molecule is O=C(O)CCCN1C(=O)[C@@H]2C3C=CC([C@H]4C(=O)N(CCCC(=O)O)C(=O)[C@@H]34)[C@@H]2C1=O. The Hall–Kier alpha value is -3.04. The van der Waals surface area contributed by atoms with Gasteiger partial charge in [0.25, 0.3) is 0 Å². The largest absolute Gasteiger partial charge is 0.481 e. The molecule has 160 valence electrons. The fourth-order valence-corrected chi connectivity index (χ4v) is 5.57. The second-order valence-corrected chi connectivity index (χ2v) is 8.29. The van der Waals surface area contributed by atoms with Crippen molar-refractivity contribution in [1.82, 2.24) is 9.80 Å². The van der Waals surface area contributed by atoms with Gasteiger partial charge in [-0.2, -0.15) is 0 Å². The molecule has 0 aromatic rings. The van der Waals surface area contributed by atoms with E-state index in [2.05, 4.69) is 0 Å². The summed E-state index contributed by atoms with van der Waals surface area (Å²) in [5, 5.41) is 17.6. The zero-order valence-corrected chi connectivity index (χ0v) is 16.1. The molecule has 2 N–H and O–H groups in total. The maximum absolute atomic E-state index is 13.0. The van der Waals surface area contributed by atoms with Gasteiger partial charge >= 0.3 is 11.9 Å². The molecule has 10 nitrogen and oxygen atoms in total. The first kappa shape index (κ1) is 20.2. The van der Waals surface area contributed by atoms with Crippen LogP contribution in [0.25, 0.3) is 0 Å². The van der Waals surface area contributed by atoms with Crippen LogP contribution in [0, 0.1) is 35.5 Å². The van der Waals surface area contributed by atoms with Gasteiger partial charge in [0, 0.05) is 37.8 Å². The van der Waals surface area contributed by atoms with Crippen molar-refractivity contribution in [3.8, 4) is 0 Å². The van der Waals surface area contributed by atoms with Crippen molar-refractivity contribution in [2.24, 2.45) is 35.5 Å². The van der Waals surface area contributed by atoms with E-state index in [1.807, 2.05) is 0 Å². The molecule has 30 heavy (non-hydrogen) atoms. The monoisotopic (exact) mass is 418 g/mol. The third-order valence-electron chi connectivity index (χ3n) is 6.74. The molecule has 2 unspecified atom stereocenters. The van der Waals surface area contributed by atoms with E-state index in [1.165, 1.54) is 0 Å². The fourth-order valence-electron chi connectivity index (χ4n) is 5.57. The van der Waals surface area contributed by atoms with Crippen LogP contribution >= 0.6 is 0 Å². The van der Waals surface area contributed by atoms with Gasteiger partial charge in [-0.1, -0.05) is 12.2 Å². The first-order valence-electron chi connectivity index (χ1n) is 10.1. The molecule has 0 aromatic heterocycles. The van der Waals surface area contributed by atoms with Crippen molar-refractivity contribution in [1.29, 1.82) is 0 Å². The van der Waals surface area contributed by atoms with E-state index in [-0.39, 0.29) is 38.8 Å². The summed E-state index contributed by atoms with van der Waals surface area (Å²) in [5.41, 5.74) is 0. The van der Waals surface area contributed by atoms with Gasteiger partial charge in [-0.25, -0.2) is 0 Å². The summed E-state index contributed by atoms with van der Waals surface area (Å²) in [4.78, 5) is 75.5. The topological polar surface area (TPSA) is 149 Å². The maximum atomic E-state index is 13.0. The lowest BCUT2D eigenvalue weighted by Gasteiger charge is -2.44. The Morgan fingerprint density at radius 3 is 1.23 bits per heavy atom. The molecule has 5 aliphatic rings. The Kier molecular flexibility index (Phi) is 4.95. The molecule has 6 atom stereocenters. The lowest BCUT2D eigenvalue weighted by atomic mass is 9.54. The van der Waals surface area contributed by atoms with Crippen molar-refractivity contribution in [3.63, 3.8) is 0 Å². The Morgan fingerprint density at radius 1 is 0.667 bits per heavy atom. The van der Waals surface area contributed by atoms with Crippen LogP contribution in [0.2, 0.25) is 0 Å². The van der Waals surface area contributed by atoms with E-state index < -0.39 is 71.1 Å². The highest BCUT2D eigenvalue weighted by molar-refractivity contribution is 6.10. The molecule has 5 rings (SSSR count). The highest BCUT2D eigenvalue weighted by Crippen LogP contribution is 2.57. The molecule has 3 fully saturated rings. The summed E-state index contributed by atoms with van der Waals surface area (Å²) < 4.78 is 0. The lowest BCUT2D eigenvalue weighted by Crippen LogP contribution is -2.50. The molecule has 0 aromatic carbocycles. The Bertz CT molecular complexity index is 766. The molecule has 0 spiro atoms. The molecule has 2 bridgehead atoms. The molecule has 10 heteroatoms.